The number of anilines is 1. The zero-order chi connectivity index (χ0) is 19.9. The van der Waals surface area contributed by atoms with Crippen molar-refractivity contribution in [2.24, 2.45) is 0 Å². The molecular weight excluding hydrogens is 441 g/mol. The van der Waals surface area contributed by atoms with E-state index in [1.807, 2.05) is 12.1 Å². The first-order chi connectivity index (χ1) is 13.4. The van der Waals surface area contributed by atoms with Crippen LogP contribution >= 0.6 is 34.8 Å². The van der Waals surface area contributed by atoms with E-state index in [2.05, 4.69) is 9.71 Å². The summed E-state index contributed by atoms with van der Waals surface area (Å²) in [6.45, 7) is 0. The molecule has 5 nitrogen and oxygen atoms in total. The van der Waals surface area contributed by atoms with E-state index in [9.17, 15) is 8.42 Å². The Hall–Kier alpha value is -2.25. The third-order valence-electron chi connectivity index (χ3n) is 4.17. The molecule has 0 radical (unpaired) electrons. The van der Waals surface area contributed by atoms with Gasteiger partial charge in [-0.3, -0.25) is 9.29 Å². The van der Waals surface area contributed by atoms with Crippen LogP contribution in [0.5, 0.6) is 0 Å². The van der Waals surface area contributed by atoms with Crippen molar-refractivity contribution in [2.75, 3.05) is 4.72 Å². The summed E-state index contributed by atoms with van der Waals surface area (Å²) in [7, 11) is -3.84. The van der Waals surface area contributed by atoms with Gasteiger partial charge in [0.05, 0.1) is 4.90 Å². The van der Waals surface area contributed by atoms with Crippen LogP contribution < -0.4 is 4.72 Å². The van der Waals surface area contributed by atoms with Crippen LogP contribution in [-0.2, 0) is 10.0 Å². The quantitative estimate of drug-likeness (QED) is 0.426. The van der Waals surface area contributed by atoms with E-state index in [4.69, 9.17) is 34.8 Å². The average molecular weight is 453 g/mol. The zero-order valence-electron chi connectivity index (χ0n) is 14.1. The van der Waals surface area contributed by atoms with Gasteiger partial charge in [-0.2, -0.15) is 0 Å². The van der Waals surface area contributed by atoms with Crippen LogP contribution in [-0.4, -0.2) is 18.0 Å². The number of benzene rings is 3. The lowest BCUT2D eigenvalue weighted by Gasteiger charge is -2.12. The number of imidazole rings is 1. The van der Waals surface area contributed by atoms with E-state index in [0.29, 0.717) is 21.8 Å². The molecule has 3 aromatic carbocycles. The number of rotatable bonds is 4. The molecule has 4 aromatic rings. The predicted octanol–water partition coefficient (Wildman–Crippen LogP) is 5.79. The van der Waals surface area contributed by atoms with E-state index in [-0.39, 0.29) is 15.2 Å². The van der Waals surface area contributed by atoms with Crippen LogP contribution in [0.4, 0.5) is 5.69 Å². The standard InChI is InChI=1S/C19H12Cl3N3O2S/c20-15-5-1-3-12-4-2-6-16(17(12)15)28(26,27)24-13-7-9-14(10-8-13)25-11-23-18(21)19(25)22/h1-11,24H. The molecule has 1 heterocycles. The summed E-state index contributed by atoms with van der Waals surface area (Å²) < 4.78 is 30.1. The van der Waals surface area contributed by atoms with E-state index in [0.717, 1.165) is 5.39 Å². The Kier molecular flexibility index (Phi) is 4.97. The molecule has 1 aromatic heterocycles. The highest BCUT2D eigenvalue weighted by molar-refractivity contribution is 7.93. The molecule has 0 amide bonds. The van der Waals surface area contributed by atoms with Crippen LogP contribution in [0.1, 0.15) is 0 Å². The van der Waals surface area contributed by atoms with Gasteiger partial charge < -0.3 is 0 Å². The Balaban J connectivity index is 1.69. The number of nitrogens with zero attached hydrogens (tertiary/aromatic N) is 2. The second-order valence-electron chi connectivity index (χ2n) is 5.94. The Morgan fingerprint density at radius 3 is 2.21 bits per heavy atom. The number of halogens is 3. The van der Waals surface area contributed by atoms with Crippen molar-refractivity contribution in [3.05, 3.63) is 82.3 Å². The zero-order valence-corrected chi connectivity index (χ0v) is 17.2. The number of fused-ring (bicyclic) bond motifs is 1. The van der Waals surface area contributed by atoms with Crippen LogP contribution in [0.2, 0.25) is 15.3 Å². The van der Waals surface area contributed by atoms with Gasteiger partial charge in [-0.15, -0.1) is 0 Å². The number of hydrogen-bond acceptors (Lipinski definition) is 3. The molecule has 0 saturated heterocycles. The molecule has 0 unspecified atom stereocenters. The molecule has 0 saturated carbocycles. The van der Waals surface area contributed by atoms with Crippen molar-refractivity contribution in [3.63, 3.8) is 0 Å². The molecule has 0 spiro atoms. The minimum Gasteiger partial charge on any atom is -0.288 e. The van der Waals surface area contributed by atoms with Crippen molar-refractivity contribution >= 4 is 61.3 Å². The van der Waals surface area contributed by atoms with Crippen LogP contribution in [0.15, 0.2) is 71.9 Å². The molecule has 0 bridgehead atoms. The van der Waals surface area contributed by atoms with Gasteiger partial charge in [-0.05, 0) is 41.8 Å². The summed E-state index contributed by atoms with van der Waals surface area (Å²) in [4.78, 5) is 4.04. The summed E-state index contributed by atoms with van der Waals surface area (Å²) in [5.74, 6) is 0. The van der Waals surface area contributed by atoms with Gasteiger partial charge in [0.25, 0.3) is 10.0 Å². The Morgan fingerprint density at radius 1 is 0.893 bits per heavy atom. The highest BCUT2D eigenvalue weighted by atomic mass is 35.5. The Morgan fingerprint density at radius 2 is 1.57 bits per heavy atom. The lowest BCUT2D eigenvalue weighted by molar-refractivity contribution is 0.602. The fourth-order valence-electron chi connectivity index (χ4n) is 2.88. The number of aromatic nitrogens is 2. The second kappa shape index (κ2) is 7.29. The third kappa shape index (κ3) is 3.44. The van der Waals surface area contributed by atoms with Crippen molar-refractivity contribution in [3.8, 4) is 5.69 Å². The van der Waals surface area contributed by atoms with Crippen molar-refractivity contribution in [1.82, 2.24) is 9.55 Å². The van der Waals surface area contributed by atoms with E-state index < -0.39 is 10.0 Å². The Bertz CT molecular complexity index is 1280. The monoisotopic (exact) mass is 451 g/mol. The van der Waals surface area contributed by atoms with Gasteiger partial charge in [0, 0.05) is 21.8 Å². The lowest BCUT2D eigenvalue weighted by atomic mass is 10.1. The van der Waals surface area contributed by atoms with Crippen molar-refractivity contribution in [2.45, 2.75) is 4.90 Å². The molecule has 28 heavy (non-hydrogen) atoms. The highest BCUT2D eigenvalue weighted by Crippen LogP contribution is 2.31. The minimum atomic E-state index is -3.84. The maximum atomic E-state index is 13.0. The fourth-order valence-corrected chi connectivity index (χ4v) is 4.85. The van der Waals surface area contributed by atoms with Crippen LogP contribution in [0.25, 0.3) is 16.5 Å². The SMILES string of the molecule is O=S(=O)(Nc1ccc(-n2cnc(Cl)c2Cl)cc1)c1cccc2cccc(Cl)c12. The molecule has 1 N–H and O–H groups in total. The predicted molar refractivity (Wildman–Crippen MR) is 113 cm³/mol. The van der Waals surface area contributed by atoms with Gasteiger partial charge >= 0.3 is 0 Å². The summed E-state index contributed by atoms with van der Waals surface area (Å²) >= 11 is 18.2. The summed E-state index contributed by atoms with van der Waals surface area (Å²) in [6.07, 6.45) is 1.49. The lowest BCUT2D eigenvalue weighted by Crippen LogP contribution is -2.13. The average Bonchev–Trinajstić information content (AvgIpc) is 3.01. The van der Waals surface area contributed by atoms with E-state index >= 15 is 0 Å². The summed E-state index contributed by atoms with van der Waals surface area (Å²) in [5.41, 5.74) is 1.09. The fraction of sp³-hybridized carbons (Fsp3) is 0. The summed E-state index contributed by atoms with van der Waals surface area (Å²) in [5, 5.41) is 2.08. The van der Waals surface area contributed by atoms with Gasteiger partial charge in [0.2, 0.25) is 0 Å². The topological polar surface area (TPSA) is 64.0 Å². The molecule has 4 rings (SSSR count). The highest BCUT2D eigenvalue weighted by Gasteiger charge is 2.19. The van der Waals surface area contributed by atoms with Gasteiger partial charge in [-0.1, -0.05) is 59.1 Å². The first kappa shape index (κ1) is 19.1. The van der Waals surface area contributed by atoms with E-state index in [1.54, 1.807) is 47.0 Å². The number of nitrogens with one attached hydrogen (secondary N) is 1. The minimum absolute atomic E-state index is 0.115. The molecule has 0 fully saturated rings. The molecule has 0 aliphatic heterocycles. The third-order valence-corrected chi connectivity index (χ3v) is 6.64. The maximum absolute atomic E-state index is 13.0. The largest absolute Gasteiger partial charge is 0.288 e. The molecular formula is C19H12Cl3N3O2S. The first-order valence-corrected chi connectivity index (χ1v) is 10.7. The molecule has 142 valence electrons. The van der Waals surface area contributed by atoms with Crippen molar-refractivity contribution < 1.29 is 8.42 Å². The maximum Gasteiger partial charge on any atom is 0.262 e. The van der Waals surface area contributed by atoms with Crippen LogP contribution in [0, 0.1) is 0 Å². The first-order valence-electron chi connectivity index (χ1n) is 8.06. The van der Waals surface area contributed by atoms with Gasteiger partial charge in [0.15, 0.2) is 10.3 Å². The molecule has 0 aliphatic carbocycles. The molecule has 0 aliphatic rings. The molecule has 0 atom stereocenters. The van der Waals surface area contributed by atoms with Crippen LogP contribution in [0.3, 0.4) is 0 Å². The normalized spacial score (nSPS) is 11.7. The van der Waals surface area contributed by atoms with Gasteiger partial charge in [0.1, 0.15) is 6.33 Å². The van der Waals surface area contributed by atoms with E-state index in [1.165, 1.54) is 12.4 Å². The number of hydrogen-bond donors (Lipinski definition) is 1. The Labute approximate surface area is 176 Å². The van der Waals surface area contributed by atoms with Gasteiger partial charge in [-0.25, -0.2) is 13.4 Å². The smallest absolute Gasteiger partial charge is 0.262 e. The number of sulfonamides is 1. The second-order valence-corrected chi connectivity index (χ2v) is 8.72. The molecule has 9 heteroatoms. The summed E-state index contributed by atoms with van der Waals surface area (Å²) in [6, 6.07) is 16.9. The van der Waals surface area contributed by atoms with Crippen molar-refractivity contribution in [1.29, 1.82) is 0 Å².